The standard InChI is InChI=1S/C36H29F7N2O2/c1-3-5-6-7-21-19-44-35(45-20-21)23-9-12-26(29(38)15-23)22-8-11-27(28(37)14-22)24-16-31(40)34(32(41)17-24)36(42,43)47-25-10-13-33(46-4-2)30(39)18-25/h8-20H,3-7H2,1-2H3. The monoisotopic (exact) mass is 654 g/mol. The van der Waals surface area contributed by atoms with Crippen LogP contribution >= 0.6 is 0 Å². The molecule has 0 amide bonds. The van der Waals surface area contributed by atoms with E-state index in [2.05, 4.69) is 21.6 Å². The Morgan fingerprint density at radius 3 is 1.83 bits per heavy atom. The summed E-state index contributed by atoms with van der Waals surface area (Å²) in [6.07, 6.45) is 2.91. The van der Waals surface area contributed by atoms with Crippen LogP contribution in [0.1, 0.15) is 44.2 Å². The zero-order valence-corrected chi connectivity index (χ0v) is 25.4. The lowest BCUT2D eigenvalue weighted by Crippen LogP contribution is -2.25. The van der Waals surface area contributed by atoms with Crippen molar-refractivity contribution in [2.24, 2.45) is 0 Å². The van der Waals surface area contributed by atoms with Crippen molar-refractivity contribution < 1.29 is 40.2 Å². The van der Waals surface area contributed by atoms with Gasteiger partial charge in [-0.1, -0.05) is 44.0 Å². The molecule has 0 N–H and O–H groups in total. The molecule has 0 spiro atoms. The molecule has 244 valence electrons. The smallest absolute Gasteiger partial charge is 0.432 e. The van der Waals surface area contributed by atoms with Crippen LogP contribution in [0.5, 0.6) is 11.5 Å². The fourth-order valence-corrected chi connectivity index (χ4v) is 5.04. The average molecular weight is 655 g/mol. The summed E-state index contributed by atoms with van der Waals surface area (Å²) in [5, 5.41) is 0. The zero-order chi connectivity index (χ0) is 33.7. The Morgan fingerprint density at radius 1 is 0.638 bits per heavy atom. The van der Waals surface area contributed by atoms with Crippen LogP contribution in [0.2, 0.25) is 0 Å². The Balaban J connectivity index is 1.35. The molecular formula is C36H29F7N2O2. The largest absolute Gasteiger partial charge is 0.491 e. The molecule has 0 aliphatic heterocycles. The minimum Gasteiger partial charge on any atom is -0.491 e. The lowest BCUT2D eigenvalue weighted by Gasteiger charge is -2.20. The van der Waals surface area contributed by atoms with Gasteiger partial charge in [0.1, 0.15) is 34.6 Å². The number of nitrogens with zero attached hydrogens (tertiary/aromatic N) is 2. The molecule has 0 saturated carbocycles. The van der Waals surface area contributed by atoms with Crippen LogP contribution in [0.25, 0.3) is 33.6 Å². The molecule has 0 bridgehead atoms. The number of benzene rings is 4. The SMILES string of the molecule is CCCCCc1cnc(-c2ccc(-c3ccc(-c4cc(F)c(C(F)(F)Oc5ccc(OCC)c(F)c5)c(F)c4)c(F)c3)c(F)c2)nc1. The predicted molar refractivity (Wildman–Crippen MR) is 163 cm³/mol. The van der Waals surface area contributed by atoms with Gasteiger partial charge < -0.3 is 9.47 Å². The van der Waals surface area contributed by atoms with Crippen molar-refractivity contribution in [2.75, 3.05) is 6.61 Å². The molecular weight excluding hydrogens is 625 g/mol. The van der Waals surface area contributed by atoms with Gasteiger partial charge in [0.05, 0.1) is 6.61 Å². The van der Waals surface area contributed by atoms with Crippen LogP contribution in [0.3, 0.4) is 0 Å². The van der Waals surface area contributed by atoms with E-state index in [0.717, 1.165) is 55.5 Å². The molecule has 1 heterocycles. The lowest BCUT2D eigenvalue weighted by molar-refractivity contribution is -0.189. The number of aryl methyl sites for hydroxylation is 1. The van der Waals surface area contributed by atoms with E-state index in [1.807, 2.05) is 0 Å². The van der Waals surface area contributed by atoms with Gasteiger partial charge in [0.15, 0.2) is 17.4 Å². The summed E-state index contributed by atoms with van der Waals surface area (Å²) < 4.78 is 114. The maximum atomic E-state index is 15.3. The first-order valence-corrected chi connectivity index (χ1v) is 14.9. The molecule has 0 unspecified atom stereocenters. The van der Waals surface area contributed by atoms with E-state index in [1.54, 1.807) is 25.4 Å². The van der Waals surface area contributed by atoms with Gasteiger partial charge in [-0.15, -0.1) is 0 Å². The van der Waals surface area contributed by atoms with E-state index in [-0.39, 0.29) is 34.6 Å². The van der Waals surface area contributed by atoms with Crippen LogP contribution in [-0.4, -0.2) is 16.6 Å². The molecule has 47 heavy (non-hydrogen) atoms. The Bertz CT molecular complexity index is 1860. The number of unbranched alkanes of at least 4 members (excludes halogenated alkanes) is 2. The molecule has 4 nitrogen and oxygen atoms in total. The number of hydrogen-bond acceptors (Lipinski definition) is 4. The van der Waals surface area contributed by atoms with E-state index in [4.69, 9.17) is 4.74 Å². The second kappa shape index (κ2) is 14.2. The number of halogens is 7. The quantitative estimate of drug-likeness (QED) is 0.0992. The van der Waals surface area contributed by atoms with Crippen molar-refractivity contribution in [3.8, 4) is 45.1 Å². The molecule has 0 aliphatic rings. The molecule has 5 rings (SSSR count). The molecule has 1 aromatic heterocycles. The highest BCUT2D eigenvalue weighted by molar-refractivity contribution is 5.73. The molecule has 0 saturated heterocycles. The molecule has 0 radical (unpaired) electrons. The number of aromatic nitrogens is 2. The molecule has 0 atom stereocenters. The molecule has 0 fully saturated rings. The fraction of sp³-hybridized carbons (Fsp3) is 0.222. The summed E-state index contributed by atoms with van der Waals surface area (Å²) in [5.74, 6) is -6.71. The highest BCUT2D eigenvalue weighted by Crippen LogP contribution is 2.39. The van der Waals surface area contributed by atoms with Gasteiger partial charge in [-0.3, -0.25) is 0 Å². The highest BCUT2D eigenvalue weighted by atomic mass is 19.3. The van der Waals surface area contributed by atoms with E-state index in [0.29, 0.717) is 29.6 Å². The topological polar surface area (TPSA) is 44.2 Å². The Morgan fingerprint density at radius 2 is 1.23 bits per heavy atom. The minimum absolute atomic E-state index is 0.0469. The van der Waals surface area contributed by atoms with E-state index < -0.39 is 46.5 Å². The van der Waals surface area contributed by atoms with Crippen molar-refractivity contribution in [3.63, 3.8) is 0 Å². The van der Waals surface area contributed by atoms with E-state index in [1.165, 1.54) is 18.2 Å². The van der Waals surface area contributed by atoms with Gasteiger partial charge in [-0.2, -0.15) is 8.78 Å². The van der Waals surface area contributed by atoms with Crippen LogP contribution in [0.15, 0.2) is 79.1 Å². The third-order valence-electron chi connectivity index (χ3n) is 7.38. The number of hydrogen-bond donors (Lipinski definition) is 0. The maximum Gasteiger partial charge on any atom is 0.432 e. The summed E-state index contributed by atoms with van der Waals surface area (Å²) in [5.41, 5.74) is -0.880. The van der Waals surface area contributed by atoms with Crippen molar-refractivity contribution in [1.29, 1.82) is 0 Å². The van der Waals surface area contributed by atoms with Crippen molar-refractivity contribution >= 4 is 0 Å². The third kappa shape index (κ3) is 7.56. The summed E-state index contributed by atoms with van der Waals surface area (Å²) >= 11 is 0. The second-order valence-corrected chi connectivity index (χ2v) is 10.7. The molecule has 4 aromatic carbocycles. The number of rotatable bonds is 12. The van der Waals surface area contributed by atoms with Crippen LogP contribution < -0.4 is 9.47 Å². The minimum atomic E-state index is -4.56. The first-order chi connectivity index (χ1) is 22.5. The second-order valence-electron chi connectivity index (χ2n) is 10.7. The van der Waals surface area contributed by atoms with E-state index >= 15 is 8.78 Å². The first-order valence-electron chi connectivity index (χ1n) is 14.9. The summed E-state index contributed by atoms with van der Waals surface area (Å²) in [6.45, 7) is 3.83. The summed E-state index contributed by atoms with van der Waals surface area (Å²) in [7, 11) is 0. The van der Waals surface area contributed by atoms with Crippen LogP contribution in [0, 0.1) is 29.1 Å². The molecule has 0 aliphatic carbocycles. The Hall–Kier alpha value is -4.93. The molecule has 5 aromatic rings. The zero-order valence-electron chi connectivity index (χ0n) is 25.4. The average Bonchev–Trinajstić information content (AvgIpc) is 3.02. The van der Waals surface area contributed by atoms with Gasteiger partial charge >= 0.3 is 6.11 Å². The van der Waals surface area contributed by atoms with Gasteiger partial charge in [0, 0.05) is 35.2 Å². The van der Waals surface area contributed by atoms with Crippen LogP contribution in [-0.2, 0) is 12.5 Å². The van der Waals surface area contributed by atoms with Crippen molar-refractivity contribution in [1.82, 2.24) is 9.97 Å². The van der Waals surface area contributed by atoms with Crippen molar-refractivity contribution in [2.45, 2.75) is 45.6 Å². The van der Waals surface area contributed by atoms with Gasteiger partial charge in [-0.05, 0) is 72.9 Å². The van der Waals surface area contributed by atoms with Crippen LogP contribution in [0.4, 0.5) is 30.7 Å². The maximum absolute atomic E-state index is 15.3. The van der Waals surface area contributed by atoms with Gasteiger partial charge in [-0.25, -0.2) is 31.9 Å². The van der Waals surface area contributed by atoms with Gasteiger partial charge in [0.2, 0.25) is 0 Å². The molecule has 11 heteroatoms. The van der Waals surface area contributed by atoms with Gasteiger partial charge in [0.25, 0.3) is 0 Å². The Labute approximate surface area is 266 Å². The first kappa shape index (κ1) is 33.4. The predicted octanol–water partition coefficient (Wildman–Crippen LogP) is 10.4. The number of alkyl halides is 2. The highest BCUT2D eigenvalue weighted by Gasteiger charge is 2.41. The number of ether oxygens (including phenoxy) is 2. The lowest BCUT2D eigenvalue weighted by atomic mass is 9.97. The third-order valence-corrected chi connectivity index (χ3v) is 7.38. The summed E-state index contributed by atoms with van der Waals surface area (Å²) in [4.78, 5) is 8.65. The fourth-order valence-electron chi connectivity index (χ4n) is 5.04. The Kier molecular flexibility index (Phi) is 10.1. The normalized spacial score (nSPS) is 11.5. The van der Waals surface area contributed by atoms with E-state index in [9.17, 15) is 22.0 Å². The summed E-state index contributed by atoms with van der Waals surface area (Å²) in [6, 6.07) is 11.3. The van der Waals surface area contributed by atoms with Crippen molar-refractivity contribution in [3.05, 3.63) is 119 Å².